The number of carbonyl (C=O) groups is 1. The fourth-order valence-electron chi connectivity index (χ4n) is 5.59. The van der Waals surface area contributed by atoms with Gasteiger partial charge in [-0.1, -0.05) is 6.07 Å². The number of fused-ring (bicyclic) bond motifs is 3. The molecule has 2 bridgehead atoms. The molecule has 2 unspecified atom stereocenters. The number of pyridine rings is 3. The Balaban J connectivity index is 1.19. The van der Waals surface area contributed by atoms with Gasteiger partial charge >= 0.3 is 6.09 Å². The van der Waals surface area contributed by atoms with Crippen LogP contribution < -0.4 is 19.7 Å². The first kappa shape index (κ1) is 26.5. The monoisotopic (exact) mass is 552 g/mol. The van der Waals surface area contributed by atoms with E-state index in [1.807, 2.05) is 45.2 Å². The molecule has 3 aliphatic heterocycles. The highest BCUT2D eigenvalue weighted by molar-refractivity contribution is 5.85. The maximum absolute atomic E-state index is 12.4. The van der Waals surface area contributed by atoms with Gasteiger partial charge in [0.15, 0.2) is 5.75 Å². The number of piperazine rings is 1. The van der Waals surface area contributed by atoms with E-state index in [0.717, 1.165) is 31.0 Å². The van der Waals surface area contributed by atoms with Gasteiger partial charge in [-0.25, -0.2) is 19.3 Å². The number of amides is 1. The van der Waals surface area contributed by atoms with Gasteiger partial charge in [0.05, 0.1) is 30.6 Å². The van der Waals surface area contributed by atoms with Gasteiger partial charge in [0, 0.05) is 66.8 Å². The molecule has 11 heteroatoms. The maximum Gasteiger partial charge on any atom is 0.413 e. The van der Waals surface area contributed by atoms with Gasteiger partial charge in [0.25, 0.3) is 0 Å². The number of piperidine rings is 1. The Morgan fingerprint density at radius 2 is 1.93 bits per heavy atom. The molecule has 1 amide bonds. The van der Waals surface area contributed by atoms with Crippen molar-refractivity contribution in [2.45, 2.75) is 51.4 Å². The van der Waals surface area contributed by atoms with Crippen LogP contribution in [0.15, 0.2) is 55.1 Å². The molecule has 0 radical (unpaired) electrons. The summed E-state index contributed by atoms with van der Waals surface area (Å²) in [6.07, 6.45) is 7.41. The Morgan fingerprint density at radius 1 is 1.12 bits per heavy atom. The number of aromatic nitrogens is 4. The van der Waals surface area contributed by atoms with Gasteiger partial charge in [-0.3, -0.25) is 4.90 Å². The molecule has 7 rings (SSSR count). The first-order valence-electron chi connectivity index (χ1n) is 13.6. The minimum absolute atomic E-state index is 0.314. The van der Waals surface area contributed by atoms with Crippen molar-refractivity contribution >= 4 is 17.4 Å². The summed E-state index contributed by atoms with van der Waals surface area (Å²) in [6.45, 7) is 8.33. The zero-order valence-corrected chi connectivity index (χ0v) is 23.5. The molecular formula is C30H32N8O3. The number of nitriles is 1. The van der Waals surface area contributed by atoms with Crippen LogP contribution in [-0.2, 0) is 6.54 Å². The first-order chi connectivity index (χ1) is 19.7. The summed E-state index contributed by atoms with van der Waals surface area (Å²) < 4.78 is 12.3. The van der Waals surface area contributed by atoms with E-state index in [1.165, 1.54) is 18.2 Å². The highest BCUT2D eigenvalue weighted by Crippen LogP contribution is 2.36. The fourth-order valence-corrected chi connectivity index (χ4v) is 5.59. The zero-order chi connectivity index (χ0) is 28.7. The molecule has 210 valence electrons. The zero-order valence-electron chi connectivity index (χ0n) is 23.5. The summed E-state index contributed by atoms with van der Waals surface area (Å²) in [5, 5.41) is 16.8. The van der Waals surface area contributed by atoms with E-state index < -0.39 is 11.6 Å². The van der Waals surface area contributed by atoms with Crippen LogP contribution in [0.25, 0.3) is 16.6 Å². The predicted molar refractivity (Wildman–Crippen MR) is 153 cm³/mol. The third kappa shape index (κ3) is 5.38. The average Bonchev–Trinajstić information content (AvgIpc) is 3.38. The van der Waals surface area contributed by atoms with Crippen molar-refractivity contribution in [2.24, 2.45) is 0 Å². The van der Waals surface area contributed by atoms with Crippen LogP contribution in [0.3, 0.4) is 0 Å². The third-order valence-electron chi connectivity index (χ3n) is 7.49. The molecule has 3 saturated heterocycles. The summed E-state index contributed by atoms with van der Waals surface area (Å²) in [5.41, 5.74) is 3.31. The van der Waals surface area contributed by atoms with Gasteiger partial charge in [0.2, 0.25) is 5.88 Å². The number of nitrogens with zero attached hydrogens (tertiary/aromatic N) is 7. The summed E-state index contributed by atoms with van der Waals surface area (Å²) in [7, 11) is 1.62. The number of nitrogens with one attached hydrogen (secondary N) is 1. The van der Waals surface area contributed by atoms with Crippen molar-refractivity contribution in [1.82, 2.24) is 29.8 Å². The Labute approximate surface area is 238 Å². The molecule has 2 atom stereocenters. The van der Waals surface area contributed by atoms with E-state index in [2.05, 4.69) is 37.3 Å². The molecule has 0 aromatic carbocycles. The normalized spacial score (nSPS) is 18.5. The Kier molecular flexibility index (Phi) is 6.71. The van der Waals surface area contributed by atoms with E-state index in [9.17, 15) is 10.1 Å². The minimum atomic E-state index is -0.565. The predicted octanol–water partition coefficient (Wildman–Crippen LogP) is 4.02. The van der Waals surface area contributed by atoms with Crippen LogP contribution in [0.2, 0.25) is 0 Å². The molecule has 7 heterocycles. The largest absolute Gasteiger partial charge is 0.481 e. The van der Waals surface area contributed by atoms with Crippen LogP contribution >= 0.6 is 0 Å². The van der Waals surface area contributed by atoms with Crippen LogP contribution in [-0.4, -0.2) is 68.4 Å². The molecule has 0 saturated carbocycles. The number of methoxy groups -OCH3 is 1. The molecule has 0 spiro atoms. The number of rotatable bonds is 6. The summed E-state index contributed by atoms with van der Waals surface area (Å²) in [6, 6.07) is 12.9. The van der Waals surface area contributed by atoms with E-state index in [-0.39, 0.29) is 0 Å². The second-order valence-electron chi connectivity index (χ2n) is 11.6. The highest BCUT2D eigenvalue weighted by Gasteiger charge is 2.44. The maximum atomic E-state index is 12.4. The lowest BCUT2D eigenvalue weighted by Crippen LogP contribution is -2.68. The van der Waals surface area contributed by atoms with E-state index in [0.29, 0.717) is 40.4 Å². The topological polar surface area (TPSA) is 121 Å². The van der Waals surface area contributed by atoms with Crippen molar-refractivity contribution in [3.8, 4) is 28.8 Å². The number of carbonyl (C=O) groups excluding carboxylic acids is 1. The lowest BCUT2D eigenvalue weighted by molar-refractivity contribution is -0.00876. The lowest BCUT2D eigenvalue weighted by atomic mass is 9.87. The standard InChI is InChI=1S/C30H32N8O3/c1-30(2,3)35-29(39)41-24-10-25(28-21(11-31)14-34-38(28)18-24)20-6-7-26(32-13-20)36-16-22-9-23(17-36)37(22)15-19-5-8-27(40-4)33-12-19/h5-8,10,12-14,18,22-23H,9,15-17H2,1-4H3,(H,35,39). The Bertz CT molecular complexity index is 1610. The molecule has 11 nitrogen and oxygen atoms in total. The van der Waals surface area contributed by atoms with Crippen LogP contribution in [0.5, 0.6) is 11.6 Å². The summed E-state index contributed by atoms with van der Waals surface area (Å²) >= 11 is 0. The molecule has 4 aromatic rings. The van der Waals surface area contributed by atoms with E-state index in [1.54, 1.807) is 30.1 Å². The number of anilines is 1. The molecular weight excluding hydrogens is 520 g/mol. The quantitative estimate of drug-likeness (QED) is 0.378. The second-order valence-corrected chi connectivity index (χ2v) is 11.6. The van der Waals surface area contributed by atoms with E-state index in [4.69, 9.17) is 14.5 Å². The molecule has 4 aromatic heterocycles. The molecule has 3 fully saturated rings. The average molecular weight is 553 g/mol. The lowest BCUT2D eigenvalue weighted by Gasteiger charge is -2.56. The van der Waals surface area contributed by atoms with Crippen LogP contribution in [0.1, 0.15) is 38.3 Å². The van der Waals surface area contributed by atoms with Gasteiger partial charge in [0.1, 0.15) is 11.9 Å². The first-order valence-corrected chi connectivity index (χ1v) is 13.6. The van der Waals surface area contributed by atoms with Crippen molar-refractivity contribution in [3.05, 3.63) is 66.2 Å². The van der Waals surface area contributed by atoms with Crippen molar-refractivity contribution < 1.29 is 14.3 Å². The van der Waals surface area contributed by atoms with Crippen molar-refractivity contribution in [3.63, 3.8) is 0 Å². The summed E-state index contributed by atoms with van der Waals surface area (Å²) in [5.74, 6) is 1.85. The van der Waals surface area contributed by atoms with Gasteiger partial charge in [-0.15, -0.1) is 0 Å². The number of hydrogen-bond acceptors (Lipinski definition) is 9. The summed E-state index contributed by atoms with van der Waals surface area (Å²) in [4.78, 5) is 26.4. The van der Waals surface area contributed by atoms with Gasteiger partial charge < -0.3 is 19.7 Å². The van der Waals surface area contributed by atoms with Gasteiger partial charge in [-0.2, -0.15) is 10.4 Å². The van der Waals surface area contributed by atoms with Gasteiger partial charge in [-0.05, 0) is 51.0 Å². The molecule has 41 heavy (non-hydrogen) atoms. The fraction of sp³-hybridized carbons (Fsp3) is 0.367. The SMILES string of the molecule is COc1ccc(CN2C3CC2CN(c2ccc(-c4cc(OC(=O)NC(C)(C)C)cn5ncc(C#N)c45)cn2)C3)cn1. The number of ether oxygens (including phenoxy) is 2. The van der Waals surface area contributed by atoms with Crippen molar-refractivity contribution in [1.29, 1.82) is 5.26 Å². The molecule has 0 aliphatic carbocycles. The Morgan fingerprint density at radius 3 is 2.56 bits per heavy atom. The van der Waals surface area contributed by atoms with Crippen LogP contribution in [0.4, 0.5) is 10.6 Å². The number of hydrogen-bond donors (Lipinski definition) is 1. The highest BCUT2D eigenvalue weighted by atomic mass is 16.6. The Hall–Kier alpha value is -4.69. The smallest absolute Gasteiger partial charge is 0.413 e. The molecule has 3 aliphatic rings. The van der Waals surface area contributed by atoms with Crippen molar-refractivity contribution in [2.75, 3.05) is 25.1 Å². The van der Waals surface area contributed by atoms with Crippen LogP contribution in [0, 0.1) is 11.3 Å². The van der Waals surface area contributed by atoms with E-state index >= 15 is 0 Å². The second kappa shape index (κ2) is 10.4. The minimum Gasteiger partial charge on any atom is -0.481 e. The molecule has 1 N–H and O–H groups in total. The third-order valence-corrected chi connectivity index (χ3v) is 7.49.